The number of aryl methyl sites for hydroxylation is 1. The average Bonchev–Trinajstić information content (AvgIpc) is 3.14. The van der Waals surface area contributed by atoms with Crippen molar-refractivity contribution in [3.8, 4) is 0 Å². The van der Waals surface area contributed by atoms with Crippen LogP contribution in [0.15, 0.2) is 33.8 Å². The van der Waals surface area contributed by atoms with E-state index in [0.717, 1.165) is 17.3 Å². The number of rotatable bonds is 7. The Balaban J connectivity index is 1.45. The molecule has 0 saturated heterocycles. The van der Waals surface area contributed by atoms with Gasteiger partial charge in [0.15, 0.2) is 0 Å². The summed E-state index contributed by atoms with van der Waals surface area (Å²) in [4.78, 5) is 40.6. The Hall–Kier alpha value is -2.22. The lowest BCUT2D eigenvalue weighted by Gasteiger charge is -2.12. The molecule has 1 heterocycles. The first-order valence-electron chi connectivity index (χ1n) is 9.24. The summed E-state index contributed by atoms with van der Waals surface area (Å²) in [5.41, 5.74) is 0.446. The minimum absolute atomic E-state index is 0.0253. The van der Waals surface area contributed by atoms with Crippen LogP contribution < -0.4 is 16.2 Å². The summed E-state index contributed by atoms with van der Waals surface area (Å²) in [6.45, 7) is 0.545. The first-order chi connectivity index (χ1) is 13.0. The molecule has 0 radical (unpaired) electrons. The SMILES string of the molecule is O=C(CCn1cnc2ccc(Br)cc2c1=O)NCCC(=O)NC1CCCC1. The molecule has 1 aromatic carbocycles. The normalized spacial score (nSPS) is 14.4. The van der Waals surface area contributed by atoms with Gasteiger partial charge in [-0.3, -0.25) is 19.0 Å². The van der Waals surface area contributed by atoms with Crippen molar-refractivity contribution in [3.63, 3.8) is 0 Å². The molecule has 0 bridgehead atoms. The van der Waals surface area contributed by atoms with E-state index < -0.39 is 0 Å². The van der Waals surface area contributed by atoms with Gasteiger partial charge in [-0.05, 0) is 31.0 Å². The molecule has 1 aromatic heterocycles. The Morgan fingerprint density at radius 1 is 1.19 bits per heavy atom. The molecule has 2 N–H and O–H groups in total. The molecular weight excluding hydrogens is 412 g/mol. The fourth-order valence-corrected chi connectivity index (χ4v) is 3.65. The Kier molecular flexibility index (Phi) is 6.60. The fourth-order valence-electron chi connectivity index (χ4n) is 3.29. The van der Waals surface area contributed by atoms with Gasteiger partial charge >= 0.3 is 0 Å². The largest absolute Gasteiger partial charge is 0.356 e. The zero-order valence-corrected chi connectivity index (χ0v) is 16.6. The van der Waals surface area contributed by atoms with Crippen LogP contribution in [0.3, 0.4) is 0 Å². The van der Waals surface area contributed by atoms with Crippen LogP contribution >= 0.6 is 15.9 Å². The lowest BCUT2D eigenvalue weighted by atomic mass is 10.2. The molecule has 144 valence electrons. The Morgan fingerprint density at radius 2 is 1.96 bits per heavy atom. The maximum Gasteiger partial charge on any atom is 0.261 e. The van der Waals surface area contributed by atoms with Crippen molar-refractivity contribution in [2.24, 2.45) is 0 Å². The number of aromatic nitrogens is 2. The maximum absolute atomic E-state index is 12.5. The van der Waals surface area contributed by atoms with Crippen molar-refractivity contribution < 1.29 is 9.59 Å². The van der Waals surface area contributed by atoms with Gasteiger partial charge in [-0.2, -0.15) is 0 Å². The van der Waals surface area contributed by atoms with Gasteiger partial charge in [0.25, 0.3) is 5.56 Å². The highest BCUT2D eigenvalue weighted by atomic mass is 79.9. The monoisotopic (exact) mass is 434 g/mol. The number of nitrogens with one attached hydrogen (secondary N) is 2. The first kappa shape index (κ1) is 19.5. The summed E-state index contributed by atoms with van der Waals surface area (Å²) >= 11 is 3.35. The van der Waals surface area contributed by atoms with Crippen molar-refractivity contribution in [2.45, 2.75) is 51.1 Å². The summed E-state index contributed by atoms with van der Waals surface area (Å²) in [6.07, 6.45) is 6.32. The van der Waals surface area contributed by atoms with Crippen LogP contribution in [0.2, 0.25) is 0 Å². The molecule has 8 heteroatoms. The lowest BCUT2D eigenvalue weighted by molar-refractivity contribution is -0.122. The molecule has 27 heavy (non-hydrogen) atoms. The van der Waals surface area contributed by atoms with E-state index in [2.05, 4.69) is 31.5 Å². The van der Waals surface area contributed by atoms with Crippen LogP contribution in [0.5, 0.6) is 0 Å². The molecule has 0 spiro atoms. The first-order valence-corrected chi connectivity index (χ1v) is 10.0. The number of hydrogen-bond acceptors (Lipinski definition) is 4. The summed E-state index contributed by atoms with van der Waals surface area (Å²) in [5.74, 6) is -0.215. The van der Waals surface area contributed by atoms with E-state index in [1.807, 2.05) is 6.07 Å². The second-order valence-corrected chi connectivity index (χ2v) is 7.72. The number of fused-ring (bicyclic) bond motifs is 1. The molecule has 2 aromatic rings. The van der Waals surface area contributed by atoms with Gasteiger partial charge in [0.1, 0.15) is 0 Å². The highest BCUT2D eigenvalue weighted by molar-refractivity contribution is 9.10. The van der Waals surface area contributed by atoms with Gasteiger partial charge in [-0.15, -0.1) is 0 Å². The van der Waals surface area contributed by atoms with Crippen LogP contribution in [0.1, 0.15) is 38.5 Å². The third kappa shape index (κ3) is 5.38. The van der Waals surface area contributed by atoms with Gasteiger partial charge in [0.05, 0.1) is 17.2 Å². The zero-order chi connectivity index (χ0) is 19.2. The van der Waals surface area contributed by atoms with Crippen LogP contribution in [-0.2, 0) is 16.1 Å². The van der Waals surface area contributed by atoms with E-state index in [9.17, 15) is 14.4 Å². The Morgan fingerprint density at radius 3 is 2.74 bits per heavy atom. The van der Waals surface area contributed by atoms with Crippen LogP contribution in [0.25, 0.3) is 10.9 Å². The summed E-state index contributed by atoms with van der Waals surface area (Å²) in [5, 5.41) is 6.23. The van der Waals surface area contributed by atoms with Crippen LogP contribution in [0.4, 0.5) is 0 Å². The molecule has 3 rings (SSSR count). The number of carbonyl (C=O) groups is 2. The van der Waals surface area contributed by atoms with Gasteiger partial charge in [-0.25, -0.2) is 4.98 Å². The van der Waals surface area contributed by atoms with Crippen molar-refractivity contribution in [1.29, 1.82) is 0 Å². The zero-order valence-electron chi connectivity index (χ0n) is 15.0. The number of hydrogen-bond donors (Lipinski definition) is 2. The molecule has 1 saturated carbocycles. The predicted molar refractivity (Wildman–Crippen MR) is 106 cm³/mol. The molecule has 0 unspecified atom stereocenters. The standard InChI is InChI=1S/C19H23BrN4O3/c20-13-5-6-16-15(11-13)19(27)24(12-22-16)10-8-17(25)21-9-7-18(26)23-14-3-1-2-4-14/h5-6,11-12,14H,1-4,7-10H2,(H,21,25)(H,23,26). The van der Waals surface area contributed by atoms with Crippen LogP contribution in [0, 0.1) is 0 Å². The topological polar surface area (TPSA) is 93.1 Å². The minimum Gasteiger partial charge on any atom is -0.356 e. The predicted octanol–water partition coefficient (Wildman–Crippen LogP) is 2.11. The highest BCUT2D eigenvalue weighted by Gasteiger charge is 2.16. The second kappa shape index (κ2) is 9.12. The number of amides is 2. The minimum atomic E-state index is -0.190. The number of benzene rings is 1. The summed E-state index contributed by atoms with van der Waals surface area (Å²) in [6, 6.07) is 5.62. The molecule has 0 atom stereocenters. The number of nitrogens with zero attached hydrogens (tertiary/aromatic N) is 2. The number of halogens is 1. The van der Waals surface area contributed by atoms with Crippen molar-refractivity contribution in [3.05, 3.63) is 39.4 Å². The van der Waals surface area contributed by atoms with Crippen molar-refractivity contribution >= 4 is 38.6 Å². The smallest absolute Gasteiger partial charge is 0.261 e. The van der Waals surface area contributed by atoms with Gasteiger partial charge in [0, 0.05) is 36.4 Å². The molecule has 1 aliphatic rings. The third-order valence-corrected chi connectivity index (χ3v) is 5.25. The van der Waals surface area contributed by atoms with E-state index in [-0.39, 0.29) is 36.8 Å². The Bertz CT molecular complexity index is 890. The highest BCUT2D eigenvalue weighted by Crippen LogP contribution is 2.17. The Labute approximate surface area is 165 Å². The molecule has 2 amide bonds. The van der Waals surface area contributed by atoms with Crippen LogP contribution in [-0.4, -0.2) is 34.0 Å². The molecule has 0 aliphatic heterocycles. The lowest BCUT2D eigenvalue weighted by Crippen LogP contribution is -2.36. The summed E-state index contributed by atoms with van der Waals surface area (Å²) < 4.78 is 2.24. The molecular formula is C19H23BrN4O3. The molecule has 1 fully saturated rings. The quantitative estimate of drug-likeness (QED) is 0.697. The third-order valence-electron chi connectivity index (χ3n) is 4.76. The van der Waals surface area contributed by atoms with E-state index >= 15 is 0 Å². The van der Waals surface area contributed by atoms with Gasteiger partial charge < -0.3 is 10.6 Å². The fraction of sp³-hybridized carbons (Fsp3) is 0.474. The second-order valence-electron chi connectivity index (χ2n) is 6.80. The van der Waals surface area contributed by atoms with E-state index in [0.29, 0.717) is 23.5 Å². The van der Waals surface area contributed by atoms with Crippen molar-refractivity contribution in [1.82, 2.24) is 20.2 Å². The van der Waals surface area contributed by atoms with E-state index in [1.165, 1.54) is 23.7 Å². The number of carbonyl (C=O) groups excluding carboxylic acids is 2. The van der Waals surface area contributed by atoms with Crippen molar-refractivity contribution in [2.75, 3.05) is 6.54 Å². The van der Waals surface area contributed by atoms with E-state index in [4.69, 9.17) is 0 Å². The average molecular weight is 435 g/mol. The van der Waals surface area contributed by atoms with Gasteiger partial charge in [0.2, 0.25) is 11.8 Å². The summed E-state index contributed by atoms with van der Waals surface area (Å²) in [7, 11) is 0. The van der Waals surface area contributed by atoms with Gasteiger partial charge in [-0.1, -0.05) is 28.8 Å². The van der Waals surface area contributed by atoms with E-state index in [1.54, 1.807) is 12.1 Å². The molecule has 1 aliphatic carbocycles. The molecule has 7 nitrogen and oxygen atoms in total. The maximum atomic E-state index is 12.5.